The number of benzene rings is 1. The second-order valence-electron chi connectivity index (χ2n) is 2.98. The van der Waals surface area contributed by atoms with Crippen molar-refractivity contribution in [1.82, 2.24) is 0 Å². The third-order valence-corrected chi connectivity index (χ3v) is 2.38. The Balaban J connectivity index is 2.75. The Morgan fingerprint density at radius 3 is 2.80 bits per heavy atom. The van der Waals surface area contributed by atoms with Gasteiger partial charge in [0.1, 0.15) is 6.10 Å². The normalized spacial score (nSPS) is 14.1. The second-order valence-corrected chi connectivity index (χ2v) is 3.90. The highest BCUT2D eigenvalue weighted by atomic mass is 79.9. The lowest BCUT2D eigenvalue weighted by atomic mass is 10.0. The lowest BCUT2D eigenvalue weighted by Gasteiger charge is -2.16. The molecule has 0 saturated carbocycles. The van der Waals surface area contributed by atoms with Crippen LogP contribution in [0.2, 0.25) is 0 Å². The summed E-state index contributed by atoms with van der Waals surface area (Å²) in [5.74, 6) is 0. The van der Waals surface area contributed by atoms with Crippen LogP contribution in [0.3, 0.4) is 0 Å². The van der Waals surface area contributed by atoms with E-state index in [0.29, 0.717) is 5.56 Å². The van der Waals surface area contributed by atoms with Crippen LogP contribution in [0, 0.1) is 0 Å². The van der Waals surface area contributed by atoms with Gasteiger partial charge in [-0.05, 0) is 23.2 Å². The smallest absolute Gasteiger partial charge is 0.105 e. The van der Waals surface area contributed by atoms with Gasteiger partial charge in [0, 0.05) is 9.38 Å². The molecule has 6 heteroatoms. The Morgan fingerprint density at radius 1 is 1.47 bits per heavy atom. The number of azide groups is 1. The second kappa shape index (κ2) is 5.72. The van der Waals surface area contributed by atoms with Crippen molar-refractivity contribution in [2.75, 3.05) is 6.54 Å². The van der Waals surface area contributed by atoms with Crippen molar-refractivity contribution in [3.05, 3.63) is 44.7 Å². The fourth-order valence-corrected chi connectivity index (χ4v) is 1.55. The maximum Gasteiger partial charge on any atom is 0.105 e. The van der Waals surface area contributed by atoms with Gasteiger partial charge in [0.15, 0.2) is 0 Å². The van der Waals surface area contributed by atoms with E-state index in [1.807, 2.05) is 6.07 Å². The zero-order chi connectivity index (χ0) is 11.3. The number of rotatable bonds is 4. The van der Waals surface area contributed by atoms with E-state index < -0.39 is 12.2 Å². The summed E-state index contributed by atoms with van der Waals surface area (Å²) >= 11 is 3.26. The number of aliphatic hydroxyl groups is 2. The third-order valence-electron chi connectivity index (χ3n) is 1.89. The first kappa shape index (κ1) is 12.0. The zero-order valence-electron chi connectivity index (χ0n) is 7.79. The molecule has 0 unspecified atom stereocenters. The molecule has 0 saturated heterocycles. The highest BCUT2D eigenvalue weighted by molar-refractivity contribution is 9.10. The standard InChI is InChI=1S/C9H10BrN3O2/c10-7-3-1-2-6(4-7)9(15)8(14)5-12-13-11/h1-4,8-9,14-15H,5H2/t8-,9-/m0/s1. The van der Waals surface area contributed by atoms with E-state index in [9.17, 15) is 10.2 Å². The van der Waals surface area contributed by atoms with Crippen LogP contribution in [0.15, 0.2) is 33.9 Å². The van der Waals surface area contributed by atoms with Crippen LogP contribution < -0.4 is 0 Å². The van der Waals surface area contributed by atoms with Crippen molar-refractivity contribution in [1.29, 1.82) is 0 Å². The maximum absolute atomic E-state index is 9.69. The summed E-state index contributed by atoms with van der Waals surface area (Å²) in [5, 5.41) is 22.3. The van der Waals surface area contributed by atoms with Crippen LogP contribution >= 0.6 is 15.9 Å². The average Bonchev–Trinajstić information content (AvgIpc) is 2.24. The molecule has 2 atom stereocenters. The van der Waals surface area contributed by atoms with Crippen LogP contribution in [-0.4, -0.2) is 22.9 Å². The molecular formula is C9H10BrN3O2. The number of halogens is 1. The molecule has 0 aliphatic carbocycles. The Morgan fingerprint density at radius 2 is 2.20 bits per heavy atom. The number of hydrogen-bond acceptors (Lipinski definition) is 3. The molecule has 0 spiro atoms. The van der Waals surface area contributed by atoms with E-state index in [-0.39, 0.29) is 6.54 Å². The Bertz CT molecular complexity index is 379. The first-order valence-electron chi connectivity index (χ1n) is 4.27. The topological polar surface area (TPSA) is 89.2 Å². The average molecular weight is 272 g/mol. The highest BCUT2D eigenvalue weighted by Gasteiger charge is 2.17. The van der Waals surface area contributed by atoms with Crippen LogP contribution in [0.1, 0.15) is 11.7 Å². The van der Waals surface area contributed by atoms with Crippen molar-refractivity contribution in [3.63, 3.8) is 0 Å². The van der Waals surface area contributed by atoms with E-state index in [2.05, 4.69) is 26.0 Å². The van der Waals surface area contributed by atoms with E-state index in [4.69, 9.17) is 5.53 Å². The molecule has 80 valence electrons. The maximum atomic E-state index is 9.69. The molecule has 0 bridgehead atoms. The molecule has 0 heterocycles. The molecule has 0 aliphatic rings. The molecule has 0 radical (unpaired) electrons. The van der Waals surface area contributed by atoms with Crippen LogP contribution in [0.4, 0.5) is 0 Å². The van der Waals surface area contributed by atoms with Gasteiger partial charge in [0.05, 0.1) is 12.6 Å². The first-order chi connectivity index (χ1) is 7.15. The number of aliphatic hydroxyl groups excluding tert-OH is 2. The van der Waals surface area contributed by atoms with Gasteiger partial charge in [-0.2, -0.15) is 0 Å². The molecule has 0 aliphatic heterocycles. The quantitative estimate of drug-likeness (QED) is 0.499. The highest BCUT2D eigenvalue weighted by Crippen LogP contribution is 2.20. The van der Waals surface area contributed by atoms with Gasteiger partial charge in [-0.1, -0.05) is 33.2 Å². The number of hydrogen-bond donors (Lipinski definition) is 2. The van der Waals surface area contributed by atoms with Gasteiger partial charge < -0.3 is 10.2 Å². The van der Waals surface area contributed by atoms with Gasteiger partial charge in [-0.25, -0.2) is 0 Å². The monoisotopic (exact) mass is 271 g/mol. The summed E-state index contributed by atoms with van der Waals surface area (Å²) in [4.78, 5) is 2.51. The van der Waals surface area contributed by atoms with Gasteiger partial charge in [0.2, 0.25) is 0 Å². The summed E-state index contributed by atoms with van der Waals surface area (Å²) in [6.07, 6.45) is -2.14. The Labute approximate surface area is 95.1 Å². The third kappa shape index (κ3) is 3.53. The fraction of sp³-hybridized carbons (Fsp3) is 0.333. The lowest BCUT2D eigenvalue weighted by molar-refractivity contribution is 0.0244. The van der Waals surface area contributed by atoms with Crippen molar-refractivity contribution in [2.24, 2.45) is 5.11 Å². The molecule has 15 heavy (non-hydrogen) atoms. The molecule has 0 amide bonds. The molecule has 2 N–H and O–H groups in total. The molecular weight excluding hydrogens is 262 g/mol. The van der Waals surface area contributed by atoms with Gasteiger partial charge in [-0.15, -0.1) is 0 Å². The minimum absolute atomic E-state index is 0.149. The summed E-state index contributed by atoms with van der Waals surface area (Å²) in [6, 6.07) is 6.96. The number of nitrogens with zero attached hydrogens (tertiary/aromatic N) is 3. The first-order valence-corrected chi connectivity index (χ1v) is 5.07. The van der Waals surface area contributed by atoms with E-state index in [0.717, 1.165) is 4.47 Å². The van der Waals surface area contributed by atoms with E-state index in [1.165, 1.54) is 0 Å². The zero-order valence-corrected chi connectivity index (χ0v) is 9.37. The van der Waals surface area contributed by atoms with Crippen LogP contribution in [-0.2, 0) is 0 Å². The van der Waals surface area contributed by atoms with Crippen molar-refractivity contribution < 1.29 is 10.2 Å². The SMILES string of the molecule is [N-]=[N+]=NC[C@H](O)[C@@H](O)c1cccc(Br)c1. The minimum Gasteiger partial charge on any atom is -0.390 e. The van der Waals surface area contributed by atoms with Crippen molar-refractivity contribution in [3.8, 4) is 0 Å². The summed E-state index contributed by atoms with van der Waals surface area (Å²) in [5.41, 5.74) is 8.64. The minimum atomic E-state index is -1.09. The molecule has 1 rings (SSSR count). The summed E-state index contributed by atoms with van der Waals surface area (Å²) < 4.78 is 0.815. The van der Waals surface area contributed by atoms with Crippen LogP contribution in [0.25, 0.3) is 10.4 Å². The van der Waals surface area contributed by atoms with Gasteiger partial charge >= 0.3 is 0 Å². The molecule has 1 aromatic carbocycles. The van der Waals surface area contributed by atoms with Gasteiger partial charge in [-0.3, -0.25) is 0 Å². The molecule has 5 nitrogen and oxygen atoms in total. The van der Waals surface area contributed by atoms with Crippen molar-refractivity contribution in [2.45, 2.75) is 12.2 Å². The fourth-order valence-electron chi connectivity index (χ4n) is 1.13. The molecule has 0 fully saturated rings. The van der Waals surface area contributed by atoms with Crippen molar-refractivity contribution >= 4 is 15.9 Å². The Hall–Kier alpha value is -1.07. The van der Waals surface area contributed by atoms with E-state index >= 15 is 0 Å². The van der Waals surface area contributed by atoms with Crippen LogP contribution in [0.5, 0.6) is 0 Å². The predicted octanol–water partition coefficient (Wildman–Crippen LogP) is 2.15. The predicted molar refractivity (Wildman–Crippen MR) is 59.1 cm³/mol. The molecule has 1 aromatic rings. The molecule has 0 aromatic heterocycles. The van der Waals surface area contributed by atoms with E-state index in [1.54, 1.807) is 18.2 Å². The van der Waals surface area contributed by atoms with Gasteiger partial charge in [0.25, 0.3) is 0 Å². The summed E-state index contributed by atoms with van der Waals surface area (Å²) in [7, 11) is 0. The largest absolute Gasteiger partial charge is 0.390 e. The lowest BCUT2D eigenvalue weighted by Crippen LogP contribution is -2.21. The summed E-state index contributed by atoms with van der Waals surface area (Å²) in [6.45, 7) is -0.149. The Kier molecular flexibility index (Phi) is 4.58.